The van der Waals surface area contributed by atoms with Crippen LogP contribution in [0, 0.1) is 29.5 Å². The van der Waals surface area contributed by atoms with Crippen molar-refractivity contribution in [2.75, 3.05) is 24.5 Å². The van der Waals surface area contributed by atoms with Crippen LogP contribution in [0.4, 0.5) is 10.1 Å². The molecule has 4 heteroatoms. The highest BCUT2D eigenvalue weighted by molar-refractivity contribution is 5.51. The zero-order valence-corrected chi connectivity index (χ0v) is 14.2. The van der Waals surface area contributed by atoms with Crippen LogP contribution in [0.2, 0.25) is 0 Å². The fourth-order valence-electron chi connectivity index (χ4n) is 3.22. The van der Waals surface area contributed by atoms with Crippen LogP contribution in [-0.2, 0) is 6.54 Å². The van der Waals surface area contributed by atoms with Crippen molar-refractivity contribution < 1.29 is 4.39 Å². The number of benzene rings is 2. The summed E-state index contributed by atoms with van der Waals surface area (Å²) >= 11 is 0. The molecule has 2 aromatic rings. The third kappa shape index (κ3) is 3.82. The third-order valence-corrected chi connectivity index (χ3v) is 4.69. The van der Waals surface area contributed by atoms with E-state index in [-0.39, 0.29) is 5.82 Å². The van der Waals surface area contributed by atoms with E-state index in [4.69, 9.17) is 11.7 Å². The Morgan fingerprint density at radius 1 is 1.16 bits per heavy atom. The molecule has 0 spiro atoms. The quantitative estimate of drug-likeness (QED) is 0.807. The zero-order valence-electron chi connectivity index (χ0n) is 14.2. The maximum Gasteiger partial charge on any atom is 0.147 e. The average molecular weight is 333 g/mol. The number of rotatable bonds is 3. The van der Waals surface area contributed by atoms with Gasteiger partial charge in [-0.25, -0.2) is 4.39 Å². The Kier molecular flexibility index (Phi) is 5.03. The van der Waals surface area contributed by atoms with Crippen molar-refractivity contribution in [1.82, 2.24) is 4.90 Å². The SMILES string of the molecule is C#Cc1ccc(CN2CCN(c3ccc(C#N)cc3F)C[C@@H]2C)cc1. The second kappa shape index (κ2) is 7.38. The van der Waals surface area contributed by atoms with E-state index in [0.29, 0.717) is 17.3 Å². The number of terminal acetylenes is 1. The van der Waals surface area contributed by atoms with Crippen molar-refractivity contribution in [2.24, 2.45) is 0 Å². The molecule has 0 amide bonds. The molecule has 0 saturated carbocycles. The summed E-state index contributed by atoms with van der Waals surface area (Å²) in [6.07, 6.45) is 5.39. The molecule has 1 aliphatic heterocycles. The smallest absolute Gasteiger partial charge is 0.147 e. The predicted molar refractivity (Wildman–Crippen MR) is 97.6 cm³/mol. The number of halogens is 1. The van der Waals surface area contributed by atoms with Gasteiger partial charge in [0.2, 0.25) is 0 Å². The number of piperazine rings is 1. The molecule has 0 radical (unpaired) electrons. The van der Waals surface area contributed by atoms with Gasteiger partial charge in [-0.3, -0.25) is 4.90 Å². The van der Waals surface area contributed by atoms with Gasteiger partial charge in [-0.15, -0.1) is 6.42 Å². The Hall–Kier alpha value is -2.82. The average Bonchev–Trinajstić information content (AvgIpc) is 2.64. The summed E-state index contributed by atoms with van der Waals surface area (Å²) < 4.78 is 14.2. The molecule has 3 rings (SSSR count). The highest BCUT2D eigenvalue weighted by Gasteiger charge is 2.25. The molecular weight excluding hydrogens is 313 g/mol. The van der Waals surface area contributed by atoms with E-state index in [2.05, 4.69) is 34.8 Å². The Balaban J connectivity index is 1.66. The largest absolute Gasteiger partial charge is 0.366 e. The first-order chi connectivity index (χ1) is 12.1. The number of hydrogen-bond acceptors (Lipinski definition) is 3. The number of nitrogens with zero attached hydrogens (tertiary/aromatic N) is 3. The van der Waals surface area contributed by atoms with E-state index in [1.54, 1.807) is 12.1 Å². The van der Waals surface area contributed by atoms with Crippen LogP contribution in [0.1, 0.15) is 23.6 Å². The van der Waals surface area contributed by atoms with E-state index in [9.17, 15) is 4.39 Å². The highest BCUT2D eigenvalue weighted by atomic mass is 19.1. The molecule has 3 nitrogen and oxygen atoms in total. The maximum absolute atomic E-state index is 14.2. The minimum Gasteiger partial charge on any atom is -0.366 e. The highest BCUT2D eigenvalue weighted by Crippen LogP contribution is 2.24. The van der Waals surface area contributed by atoms with E-state index in [0.717, 1.165) is 31.7 Å². The van der Waals surface area contributed by atoms with Crippen LogP contribution in [0.15, 0.2) is 42.5 Å². The van der Waals surface area contributed by atoms with Crippen molar-refractivity contribution in [3.63, 3.8) is 0 Å². The molecule has 0 bridgehead atoms. The van der Waals surface area contributed by atoms with E-state index in [1.165, 1.54) is 11.6 Å². The van der Waals surface area contributed by atoms with Gasteiger partial charge in [-0.2, -0.15) is 5.26 Å². The summed E-state index contributed by atoms with van der Waals surface area (Å²) in [6.45, 7) is 5.39. The number of nitriles is 1. The summed E-state index contributed by atoms with van der Waals surface area (Å²) in [4.78, 5) is 4.45. The fraction of sp³-hybridized carbons (Fsp3) is 0.286. The minimum absolute atomic E-state index is 0.302. The first-order valence-corrected chi connectivity index (χ1v) is 8.35. The molecule has 1 heterocycles. The lowest BCUT2D eigenvalue weighted by molar-refractivity contribution is 0.180. The molecule has 0 aliphatic carbocycles. The van der Waals surface area contributed by atoms with Crippen molar-refractivity contribution >= 4 is 5.69 Å². The summed E-state index contributed by atoms with van der Waals surface area (Å²) in [5, 5.41) is 8.87. The first kappa shape index (κ1) is 17.0. The van der Waals surface area contributed by atoms with Gasteiger partial charge in [0, 0.05) is 37.8 Å². The van der Waals surface area contributed by atoms with Crippen LogP contribution < -0.4 is 4.90 Å². The second-order valence-corrected chi connectivity index (χ2v) is 6.38. The third-order valence-electron chi connectivity index (χ3n) is 4.69. The molecule has 126 valence electrons. The van der Waals surface area contributed by atoms with E-state index in [1.807, 2.05) is 18.2 Å². The second-order valence-electron chi connectivity index (χ2n) is 6.38. The minimum atomic E-state index is -0.329. The molecular formula is C21H20FN3. The van der Waals surface area contributed by atoms with Gasteiger partial charge in [0.25, 0.3) is 0 Å². The van der Waals surface area contributed by atoms with Gasteiger partial charge in [0.05, 0.1) is 17.3 Å². The summed E-state index contributed by atoms with van der Waals surface area (Å²) in [5.41, 5.74) is 3.04. The van der Waals surface area contributed by atoms with Crippen LogP contribution in [0.5, 0.6) is 0 Å². The summed E-state index contributed by atoms with van der Waals surface area (Å²) in [5.74, 6) is 2.30. The van der Waals surface area contributed by atoms with Gasteiger partial charge in [-0.05, 0) is 42.8 Å². The standard InChI is InChI=1S/C21H20FN3/c1-3-17-4-6-18(7-5-17)15-24-10-11-25(14-16(24)2)21-9-8-19(13-23)12-20(21)22/h1,4-9,12,16H,10-11,14-15H2,2H3/t16-/m0/s1. The zero-order chi connectivity index (χ0) is 17.8. The Morgan fingerprint density at radius 3 is 2.48 bits per heavy atom. The Morgan fingerprint density at radius 2 is 1.88 bits per heavy atom. The van der Waals surface area contributed by atoms with Gasteiger partial charge in [0.1, 0.15) is 5.82 Å². The van der Waals surface area contributed by atoms with Gasteiger partial charge in [-0.1, -0.05) is 18.1 Å². The van der Waals surface area contributed by atoms with Crippen molar-refractivity contribution in [3.8, 4) is 18.4 Å². The van der Waals surface area contributed by atoms with E-state index >= 15 is 0 Å². The van der Waals surface area contributed by atoms with Crippen molar-refractivity contribution in [3.05, 3.63) is 65.0 Å². The van der Waals surface area contributed by atoms with Crippen LogP contribution in [0.25, 0.3) is 0 Å². The number of anilines is 1. The predicted octanol–water partition coefficient (Wildman–Crippen LogP) is 3.39. The monoisotopic (exact) mass is 333 g/mol. The van der Waals surface area contributed by atoms with Gasteiger partial charge in [0.15, 0.2) is 0 Å². The van der Waals surface area contributed by atoms with Crippen molar-refractivity contribution in [1.29, 1.82) is 5.26 Å². The van der Waals surface area contributed by atoms with Crippen LogP contribution in [0.3, 0.4) is 0 Å². The van der Waals surface area contributed by atoms with Gasteiger partial charge >= 0.3 is 0 Å². The fourth-order valence-corrected chi connectivity index (χ4v) is 3.22. The molecule has 1 aliphatic rings. The molecule has 1 saturated heterocycles. The first-order valence-electron chi connectivity index (χ1n) is 8.35. The Bertz CT molecular complexity index is 830. The number of hydrogen-bond donors (Lipinski definition) is 0. The lowest BCUT2D eigenvalue weighted by Crippen LogP contribution is -2.51. The molecule has 0 N–H and O–H groups in total. The summed E-state index contributed by atoms with van der Waals surface area (Å²) in [6, 6.07) is 15.0. The molecule has 1 fully saturated rings. The molecule has 1 atom stereocenters. The lowest BCUT2D eigenvalue weighted by atomic mass is 10.1. The summed E-state index contributed by atoms with van der Waals surface area (Å²) in [7, 11) is 0. The molecule has 0 aromatic heterocycles. The molecule has 25 heavy (non-hydrogen) atoms. The van der Waals surface area contributed by atoms with Gasteiger partial charge < -0.3 is 4.90 Å². The maximum atomic E-state index is 14.2. The van der Waals surface area contributed by atoms with E-state index < -0.39 is 0 Å². The van der Waals surface area contributed by atoms with Crippen molar-refractivity contribution in [2.45, 2.75) is 19.5 Å². The lowest BCUT2D eigenvalue weighted by Gasteiger charge is -2.41. The Labute approximate surface area is 148 Å². The van der Waals surface area contributed by atoms with Crippen LogP contribution >= 0.6 is 0 Å². The molecule has 2 aromatic carbocycles. The topological polar surface area (TPSA) is 30.3 Å². The van der Waals surface area contributed by atoms with Crippen LogP contribution in [-0.4, -0.2) is 30.6 Å². The molecule has 0 unspecified atom stereocenters. The normalized spacial score (nSPS) is 17.8.